The molecule has 3 heteroatoms. The number of halogens is 2. The molecule has 88 valence electrons. The van der Waals surface area contributed by atoms with E-state index < -0.39 is 0 Å². The topological polar surface area (TPSA) is 20.2 Å². The van der Waals surface area contributed by atoms with Gasteiger partial charge in [-0.05, 0) is 61.8 Å². The fraction of sp³-hybridized carbons (Fsp3) is 0.538. The highest BCUT2D eigenvalue weighted by molar-refractivity contribution is 9.10. The van der Waals surface area contributed by atoms with Gasteiger partial charge in [0.05, 0.1) is 6.10 Å². The summed E-state index contributed by atoms with van der Waals surface area (Å²) in [6.45, 7) is 0. The van der Waals surface area contributed by atoms with Crippen molar-refractivity contribution in [3.8, 4) is 0 Å². The van der Waals surface area contributed by atoms with E-state index in [9.17, 15) is 9.50 Å². The molecular weight excluding hydrogens is 271 g/mol. The van der Waals surface area contributed by atoms with E-state index in [1.807, 2.05) is 6.07 Å². The van der Waals surface area contributed by atoms with Crippen LogP contribution in [0.1, 0.15) is 31.2 Å². The monoisotopic (exact) mass is 286 g/mol. The minimum Gasteiger partial charge on any atom is -0.393 e. The first-order valence-corrected chi connectivity index (χ1v) is 6.57. The summed E-state index contributed by atoms with van der Waals surface area (Å²) in [6.07, 6.45) is 4.79. The van der Waals surface area contributed by atoms with Crippen molar-refractivity contribution in [3.63, 3.8) is 0 Å². The highest BCUT2D eigenvalue weighted by atomic mass is 79.9. The van der Waals surface area contributed by atoms with Crippen LogP contribution in [0.5, 0.6) is 0 Å². The highest BCUT2D eigenvalue weighted by Crippen LogP contribution is 2.34. The van der Waals surface area contributed by atoms with E-state index in [-0.39, 0.29) is 11.9 Å². The molecule has 0 aliphatic heterocycles. The molecule has 2 rings (SSSR count). The van der Waals surface area contributed by atoms with Gasteiger partial charge in [-0.1, -0.05) is 15.9 Å². The van der Waals surface area contributed by atoms with Crippen LogP contribution >= 0.6 is 15.9 Å². The van der Waals surface area contributed by atoms with E-state index in [4.69, 9.17) is 0 Å². The van der Waals surface area contributed by atoms with Crippen LogP contribution in [0.4, 0.5) is 4.39 Å². The van der Waals surface area contributed by atoms with Crippen LogP contribution in [0.3, 0.4) is 0 Å². The Morgan fingerprint density at radius 3 is 2.75 bits per heavy atom. The Kier molecular flexibility index (Phi) is 3.98. The lowest BCUT2D eigenvalue weighted by Crippen LogP contribution is -2.09. The molecule has 0 radical (unpaired) electrons. The van der Waals surface area contributed by atoms with Crippen molar-refractivity contribution in [1.29, 1.82) is 0 Å². The fourth-order valence-electron chi connectivity index (χ4n) is 1.99. The maximum Gasteiger partial charge on any atom is 0.124 e. The van der Waals surface area contributed by atoms with Gasteiger partial charge in [0.25, 0.3) is 0 Å². The normalized spacial score (nSPS) is 17.4. The van der Waals surface area contributed by atoms with Crippen molar-refractivity contribution in [3.05, 3.63) is 34.1 Å². The Balaban J connectivity index is 1.79. The second-order valence-corrected chi connectivity index (χ2v) is 5.49. The summed E-state index contributed by atoms with van der Waals surface area (Å²) in [5.74, 6) is 0.339. The van der Waals surface area contributed by atoms with E-state index in [2.05, 4.69) is 15.9 Å². The van der Waals surface area contributed by atoms with Crippen molar-refractivity contribution in [2.24, 2.45) is 5.92 Å². The molecule has 1 aliphatic rings. The maximum absolute atomic E-state index is 13.1. The van der Waals surface area contributed by atoms with Gasteiger partial charge in [0, 0.05) is 4.47 Å². The lowest BCUT2D eigenvalue weighted by atomic mass is 10.0. The number of hydrogen-bond donors (Lipinski definition) is 1. The fourth-order valence-corrected chi connectivity index (χ4v) is 2.50. The van der Waals surface area contributed by atoms with Crippen LogP contribution in [0.2, 0.25) is 0 Å². The standard InChI is InChI=1S/C13H16BrFO/c14-11-6-9(7-12(15)8-11)2-1-3-13(16)10-4-5-10/h6-8,10,13,16H,1-5H2. The van der Waals surface area contributed by atoms with E-state index >= 15 is 0 Å². The number of rotatable bonds is 5. The van der Waals surface area contributed by atoms with Gasteiger partial charge < -0.3 is 5.11 Å². The van der Waals surface area contributed by atoms with Crippen LogP contribution in [-0.4, -0.2) is 11.2 Å². The van der Waals surface area contributed by atoms with Crippen LogP contribution in [0.15, 0.2) is 22.7 Å². The summed E-state index contributed by atoms with van der Waals surface area (Å²) < 4.78 is 13.9. The SMILES string of the molecule is OC(CCCc1cc(F)cc(Br)c1)C1CC1. The van der Waals surface area contributed by atoms with Gasteiger partial charge in [0.1, 0.15) is 5.82 Å². The van der Waals surface area contributed by atoms with Gasteiger partial charge in [0.2, 0.25) is 0 Å². The molecule has 1 nitrogen and oxygen atoms in total. The summed E-state index contributed by atoms with van der Waals surface area (Å²) in [7, 11) is 0. The summed E-state index contributed by atoms with van der Waals surface area (Å²) >= 11 is 3.28. The molecule has 1 aromatic rings. The Morgan fingerprint density at radius 1 is 1.38 bits per heavy atom. The van der Waals surface area contributed by atoms with Gasteiger partial charge in [-0.2, -0.15) is 0 Å². The molecule has 16 heavy (non-hydrogen) atoms. The molecule has 1 fully saturated rings. The van der Waals surface area contributed by atoms with Crippen LogP contribution in [0, 0.1) is 11.7 Å². The molecule has 1 aromatic carbocycles. The first-order valence-electron chi connectivity index (χ1n) is 5.78. The number of hydrogen-bond acceptors (Lipinski definition) is 1. The smallest absolute Gasteiger partial charge is 0.124 e. The Hall–Kier alpha value is -0.410. The van der Waals surface area contributed by atoms with Crippen LogP contribution < -0.4 is 0 Å². The summed E-state index contributed by atoms with van der Waals surface area (Å²) in [4.78, 5) is 0. The molecule has 1 aliphatic carbocycles. The molecule has 0 bridgehead atoms. The minimum atomic E-state index is -0.202. The minimum absolute atomic E-state index is 0.142. The average molecular weight is 287 g/mol. The Bertz CT molecular complexity index is 343. The molecule has 1 N–H and O–H groups in total. The molecule has 0 amide bonds. The molecule has 0 saturated heterocycles. The number of aryl methyl sites for hydroxylation is 1. The van der Waals surface area contributed by atoms with E-state index in [0.717, 1.165) is 29.3 Å². The second-order valence-electron chi connectivity index (χ2n) is 4.57. The van der Waals surface area contributed by atoms with Crippen molar-refractivity contribution >= 4 is 15.9 Å². The third-order valence-electron chi connectivity index (χ3n) is 3.05. The number of benzene rings is 1. The lowest BCUT2D eigenvalue weighted by Gasteiger charge is -2.08. The first kappa shape index (κ1) is 12.1. The van der Waals surface area contributed by atoms with Crippen molar-refractivity contribution in [1.82, 2.24) is 0 Å². The van der Waals surface area contributed by atoms with Crippen molar-refractivity contribution < 1.29 is 9.50 Å². The molecule has 0 aromatic heterocycles. The van der Waals surface area contributed by atoms with Crippen LogP contribution in [-0.2, 0) is 6.42 Å². The molecule has 0 spiro atoms. The second kappa shape index (κ2) is 5.28. The molecule has 0 heterocycles. The van der Waals surface area contributed by atoms with E-state index in [1.165, 1.54) is 18.9 Å². The van der Waals surface area contributed by atoms with Crippen molar-refractivity contribution in [2.75, 3.05) is 0 Å². The number of aliphatic hydroxyl groups excluding tert-OH is 1. The van der Waals surface area contributed by atoms with Gasteiger partial charge >= 0.3 is 0 Å². The average Bonchev–Trinajstić information content (AvgIpc) is 2.98. The Labute approximate surface area is 104 Å². The van der Waals surface area contributed by atoms with Gasteiger partial charge in [0.15, 0.2) is 0 Å². The summed E-state index contributed by atoms with van der Waals surface area (Å²) in [5, 5.41) is 9.69. The zero-order chi connectivity index (χ0) is 11.5. The van der Waals surface area contributed by atoms with Gasteiger partial charge in [-0.3, -0.25) is 0 Å². The zero-order valence-electron chi connectivity index (χ0n) is 9.13. The first-order chi connectivity index (χ1) is 7.65. The van der Waals surface area contributed by atoms with Gasteiger partial charge in [-0.15, -0.1) is 0 Å². The highest BCUT2D eigenvalue weighted by Gasteiger charge is 2.28. The summed E-state index contributed by atoms with van der Waals surface area (Å²) in [6, 6.07) is 4.96. The van der Waals surface area contributed by atoms with E-state index in [1.54, 1.807) is 6.07 Å². The molecule has 1 saturated carbocycles. The molecular formula is C13H16BrFO. The molecule has 1 atom stereocenters. The molecule has 1 unspecified atom stereocenters. The zero-order valence-corrected chi connectivity index (χ0v) is 10.7. The quantitative estimate of drug-likeness (QED) is 0.875. The largest absolute Gasteiger partial charge is 0.393 e. The third-order valence-corrected chi connectivity index (χ3v) is 3.51. The lowest BCUT2D eigenvalue weighted by molar-refractivity contribution is 0.139. The van der Waals surface area contributed by atoms with Gasteiger partial charge in [-0.25, -0.2) is 4.39 Å². The Morgan fingerprint density at radius 2 is 2.12 bits per heavy atom. The predicted octanol–water partition coefficient (Wildman–Crippen LogP) is 3.68. The maximum atomic E-state index is 13.1. The van der Waals surface area contributed by atoms with Crippen molar-refractivity contribution in [2.45, 2.75) is 38.2 Å². The predicted molar refractivity (Wildman–Crippen MR) is 65.8 cm³/mol. The number of aliphatic hydroxyl groups is 1. The summed E-state index contributed by atoms with van der Waals surface area (Å²) in [5.41, 5.74) is 0.995. The third kappa shape index (κ3) is 3.56. The van der Waals surface area contributed by atoms with E-state index in [0.29, 0.717) is 5.92 Å². The van der Waals surface area contributed by atoms with Crippen LogP contribution in [0.25, 0.3) is 0 Å².